The van der Waals surface area contributed by atoms with Gasteiger partial charge in [0.25, 0.3) is 0 Å². The largest absolute Gasteiger partial charge is 0.591 e. The van der Waals surface area contributed by atoms with Crippen LogP contribution in [0, 0.1) is 11.6 Å². The smallest absolute Gasteiger partial charge is 0.171 e. The Morgan fingerprint density at radius 2 is 1.94 bits per heavy atom. The van der Waals surface area contributed by atoms with Crippen LogP contribution in [0.5, 0.6) is 5.75 Å². The van der Waals surface area contributed by atoms with E-state index in [0.717, 1.165) is 12.3 Å². The zero-order valence-electron chi connectivity index (χ0n) is 10.7. The van der Waals surface area contributed by atoms with Gasteiger partial charge in [-0.3, -0.25) is 0 Å². The summed E-state index contributed by atoms with van der Waals surface area (Å²) >= 11 is -1.54. The Morgan fingerprint density at radius 1 is 1.33 bits per heavy atom. The maximum Gasteiger partial charge on any atom is 0.171 e. The molecule has 1 aromatic carbocycles. The first-order valence-corrected chi connectivity index (χ1v) is 6.36. The molecular weight excluding hydrogens is 260 g/mol. The lowest BCUT2D eigenvalue weighted by atomic mass is 10.2. The summed E-state index contributed by atoms with van der Waals surface area (Å²) in [4.78, 5) is 0. The minimum atomic E-state index is -1.54. The lowest BCUT2D eigenvalue weighted by molar-refractivity contribution is 0.405. The average Bonchev–Trinajstić information content (AvgIpc) is 2.29. The molecule has 0 amide bonds. The predicted molar refractivity (Wildman–Crippen MR) is 68.4 cm³/mol. The van der Waals surface area contributed by atoms with E-state index in [1.54, 1.807) is 20.8 Å². The summed E-state index contributed by atoms with van der Waals surface area (Å²) < 4.78 is 46.4. The van der Waals surface area contributed by atoms with Crippen molar-refractivity contribution in [2.45, 2.75) is 25.5 Å². The van der Waals surface area contributed by atoms with Crippen LogP contribution in [0.3, 0.4) is 0 Å². The first-order valence-electron chi connectivity index (χ1n) is 5.25. The Balaban J connectivity index is 3.11. The van der Waals surface area contributed by atoms with Gasteiger partial charge in [0, 0.05) is 0 Å². The van der Waals surface area contributed by atoms with Gasteiger partial charge in [0.15, 0.2) is 11.6 Å². The van der Waals surface area contributed by atoms with Crippen LogP contribution >= 0.6 is 0 Å². The Hall–Kier alpha value is -1.14. The fourth-order valence-corrected chi connectivity index (χ4v) is 1.62. The third kappa shape index (κ3) is 3.43. The van der Waals surface area contributed by atoms with Gasteiger partial charge >= 0.3 is 0 Å². The quantitative estimate of drug-likeness (QED) is 0.629. The van der Waals surface area contributed by atoms with E-state index in [4.69, 9.17) is 4.74 Å². The van der Waals surface area contributed by atoms with Crippen LogP contribution in [-0.4, -0.2) is 22.6 Å². The van der Waals surface area contributed by atoms with Gasteiger partial charge < -0.3 is 9.29 Å². The van der Waals surface area contributed by atoms with Crippen LogP contribution in [0.4, 0.5) is 8.78 Å². The zero-order chi connectivity index (χ0) is 13.9. The molecule has 0 saturated carbocycles. The number of nitrogens with zero attached hydrogens (tertiary/aromatic N) is 1. The molecule has 0 saturated heterocycles. The van der Waals surface area contributed by atoms with E-state index in [1.165, 1.54) is 13.2 Å². The molecule has 0 spiro atoms. The maximum atomic E-state index is 13.6. The highest BCUT2D eigenvalue weighted by atomic mass is 32.2. The van der Waals surface area contributed by atoms with E-state index in [-0.39, 0.29) is 11.3 Å². The third-order valence-corrected chi connectivity index (χ3v) is 3.46. The number of hydrogen-bond donors (Lipinski definition) is 0. The maximum absolute atomic E-state index is 13.6. The summed E-state index contributed by atoms with van der Waals surface area (Å²) in [6.07, 6.45) is 1.04. The number of ether oxygens (including phenoxy) is 1. The number of halogens is 2. The van der Waals surface area contributed by atoms with Gasteiger partial charge in [0.1, 0.15) is 21.9 Å². The Kier molecular flexibility index (Phi) is 4.70. The van der Waals surface area contributed by atoms with Gasteiger partial charge in [-0.15, -0.1) is 0 Å². The number of hydrogen-bond acceptors (Lipinski definition) is 3. The number of methoxy groups -OCH3 is 1. The fraction of sp³-hybridized carbons (Fsp3) is 0.417. The molecule has 0 N–H and O–H groups in total. The monoisotopic (exact) mass is 275 g/mol. The highest BCUT2D eigenvalue weighted by Crippen LogP contribution is 2.23. The second kappa shape index (κ2) is 5.67. The van der Waals surface area contributed by atoms with Crippen LogP contribution in [0.1, 0.15) is 26.3 Å². The van der Waals surface area contributed by atoms with Crippen molar-refractivity contribution >= 4 is 17.6 Å². The summed E-state index contributed by atoms with van der Waals surface area (Å²) in [5, 5.41) is 0. The van der Waals surface area contributed by atoms with Crippen LogP contribution in [-0.2, 0) is 11.4 Å². The van der Waals surface area contributed by atoms with Crippen LogP contribution < -0.4 is 4.74 Å². The molecule has 3 nitrogen and oxygen atoms in total. The van der Waals surface area contributed by atoms with E-state index in [0.29, 0.717) is 0 Å². The van der Waals surface area contributed by atoms with Gasteiger partial charge in [0.2, 0.25) is 0 Å². The highest BCUT2D eigenvalue weighted by Gasteiger charge is 2.26. The van der Waals surface area contributed by atoms with Crippen molar-refractivity contribution in [3.8, 4) is 5.75 Å². The van der Waals surface area contributed by atoms with Crippen molar-refractivity contribution in [3.05, 3.63) is 29.3 Å². The summed E-state index contributed by atoms with van der Waals surface area (Å²) in [5.74, 6) is -1.92. The minimum Gasteiger partial charge on any atom is -0.591 e. The minimum absolute atomic E-state index is 0.142. The molecule has 1 unspecified atom stereocenters. The van der Waals surface area contributed by atoms with Crippen LogP contribution in [0.2, 0.25) is 0 Å². The first-order chi connectivity index (χ1) is 8.27. The SMILES string of the molecule is COc1ccc(F)c(F)c1/C=N/[S+]([O-])C(C)(C)C. The summed E-state index contributed by atoms with van der Waals surface area (Å²) in [5.41, 5.74) is -0.143. The second-order valence-electron chi connectivity index (χ2n) is 4.57. The number of rotatable bonds is 3. The molecule has 0 radical (unpaired) electrons. The normalized spacial score (nSPS) is 13.9. The van der Waals surface area contributed by atoms with Gasteiger partial charge in [-0.2, -0.15) is 0 Å². The van der Waals surface area contributed by atoms with Crippen LogP contribution in [0.15, 0.2) is 16.5 Å². The summed E-state index contributed by atoms with van der Waals surface area (Å²) in [7, 11) is 1.34. The molecule has 0 bridgehead atoms. The van der Waals surface area contributed by atoms with Crippen molar-refractivity contribution < 1.29 is 18.1 Å². The van der Waals surface area contributed by atoms with Gasteiger partial charge in [-0.25, -0.2) is 8.78 Å². The van der Waals surface area contributed by atoms with E-state index in [1.807, 2.05) is 0 Å². The Morgan fingerprint density at radius 3 is 2.44 bits per heavy atom. The van der Waals surface area contributed by atoms with Crippen molar-refractivity contribution in [1.82, 2.24) is 0 Å². The summed E-state index contributed by atoms with van der Waals surface area (Å²) in [6, 6.07) is 2.26. The standard InChI is InChI=1S/C12H15F2NO2S/c1-12(2,3)18(16)15-7-8-10(17-4)6-5-9(13)11(8)14/h5-7H,1-4H3/b15-7+. The molecule has 1 aromatic rings. The molecule has 1 atom stereocenters. The predicted octanol–water partition coefficient (Wildman–Crippen LogP) is 2.85. The molecule has 100 valence electrons. The van der Waals surface area contributed by atoms with Crippen molar-refractivity contribution in [1.29, 1.82) is 0 Å². The van der Waals surface area contributed by atoms with Crippen molar-refractivity contribution in [3.63, 3.8) is 0 Å². The zero-order valence-corrected chi connectivity index (χ0v) is 11.5. The fourth-order valence-electron chi connectivity index (χ4n) is 1.11. The molecule has 1 rings (SSSR count). The Labute approximate surface area is 108 Å². The number of benzene rings is 1. The van der Waals surface area contributed by atoms with E-state index < -0.39 is 27.7 Å². The molecule has 18 heavy (non-hydrogen) atoms. The summed E-state index contributed by atoms with van der Waals surface area (Å²) in [6.45, 7) is 5.21. The van der Waals surface area contributed by atoms with Gasteiger partial charge in [0.05, 0.1) is 18.9 Å². The van der Waals surface area contributed by atoms with E-state index in [9.17, 15) is 13.3 Å². The topological polar surface area (TPSA) is 44.6 Å². The van der Waals surface area contributed by atoms with Crippen molar-refractivity contribution in [2.75, 3.05) is 7.11 Å². The molecule has 0 aliphatic carbocycles. The average molecular weight is 275 g/mol. The van der Waals surface area contributed by atoms with E-state index in [2.05, 4.69) is 4.40 Å². The first kappa shape index (κ1) is 14.9. The molecule has 0 aliphatic rings. The lowest BCUT2D eigenvalue weighted by Crippen LogP contribution is -2.25. The molecular formula is C12H15F2NO2S. The Bertz CT molecular complexity index is 458. The van der Waals surface area contributed by atoms with Crippen LogP contribution in [0.25, 0.3) is 0 Å². The molecule has 6 heteroatoms. The second-order valence-corrected chi connectivity index (χ2v) is 6.51. The lowest BCUT2D eigenvalue weighted by Gasteiger charge is -2.17. The molecule has 0 fully saturated rings. The third-order valence-electron chi connectivity index (χ3n) is 2.11. The van der Waals surface area contributed by atoms with E-state index >= 15 is 0 Å². The van der Waals surface area contributed by atoms with Gasteiger partial charge in [-0.05, 0) is 32.9 Å². The van der Waals surface area contributed by atoms with Gasteiger partial charge in [-0.1, -0.05) is 4.40 Å². The highest BCUT2D eigenvalue weighted by molar-refractivity contribution is 7.91. The molecule has 0 heterocycles. The van der Waals surface area contributed by atoms with Crippen molar-refractivity contribution in [2.24, 2.45) is 4.40 Å². The molecule has 0 aromatic heterocycles. The molecule has 0 aliphatic heterocycles.